The van der Waals surface area contributed by atoms with E-state index in [9.17, 15) is 4.79 Å². The number of carbonyl (C=O) groups excluding carboxylic acids is 1. The predicted molar refractivity (Wildman–Crippen MR) is 64.7 cm³/mol. The molecule has 0 saturated heterocycles. The molecule has 90 valence electrons. The molecule has 5 nitrogen and oxygen atoms in total. The second kappa shape index (κ2) is 6.57. The summed E-state index contributed by atoms with van der Waals surface area (Å²) in [6.45, 7) is 5.03. The number of rotatable bonds is 6. The highest BCUT2D eigenvalue weighted by Crippen LogP contribution is 2.20. The number of aromatic nitrogens is 1. The van der Waals surface area contributed by atoms with Gasteiger partial charge in [-0.15, -0.1) is 11.3 Å². The Labute approximate surface area is 99.2 Å². The fraction of sp³-hybridized carbons (Fsp3) is 0.600. The molecule has 1 amide bonds. The second-order valence-corrected chi connectivity index (χ2v) is 4.20. The summed E-state index contributed by atoms with van der Waals surface area (Å²) < 4.78 is 4.72. The average molecular weight is 243 g/mol. The van der Waals surface area contributed by atoms with Crippen molar-refractivity contribution >= 4 is 22.4 Å². The highest BCUT2D eigenvalue weighted by Gasteiger charge is 2.10. The molecule has 6 heteroatoms. The monoisotopic (exact) mass is 243 g/mol. The van der Waals surface area contributed by atoms with Crippen molar-refractivity contribution in [1.82, 2.24) is 10.3 Å². The number of hydrogen-bond donors (Lipinski definition) is 2. The Hall–Kier alpha value is -0.980. The van der Waals surface area contributed by atoms with Crippen molar-refractivity contribution < 1.29 is 9.53 Å². The van der Waals surface area contributed by atoms with Crippen LogP contribution in [0, 0.1) is 0 Å². The van der Waals surface area contributed by atoms with Crippen LogP contribution in [-0.2, 0) is 9.53 Å². The lowest BCUT2D eigenvalue weighted by Crippen LogP contribution is -2.19. The first-order chi connectivity index (χ1) is 7.67. The van der Waals surface area contributed by atoms with Gasteiger partial charge < -0.3 is 10.1 Å². The van der Waals surface area contributed by atoms with Crippen LogP contribution in [0.4, 0.5) is 5.13 Å². The first-order valence-corrected chi connectivity index (χ1v) is 6.03. The highest BCUT2D eigenvalue weighted by molar-refractivity contribution is 7.13. The minimum absolute atomic E-state index is 0.0533. The molecule has 1 unspecified atom stereocenters. The highest BCUT2D eigenvalue weighted by atomic mass is 32.1. The number of amides is 1. The molecule has 1 aromatic rings. The third kappa shape index (κ3) is 3.88. The molecule has 0 aliphatic rings. The SMILES string of the molecule is CCNC(C)c1csc(NC(=O)COC)n1. The molecule has 0 spiro atoms. The maximum atomic E-state index is 11.2. The van der Waals surface area contributed by atoms with Gasteiger partial charge in [-0.3, -0.25) is 10.1 Å². The third-order valence-corrected chi connectivity index (χ3v) is 2.77. The summed E-state index contributed by atoms with van der Waals surface area (Å²) in [5.74, 6) is -0.181. The number of methoxy groups -OCH3 is 1. The zero-order valence-corrected chi connectivity index (χ0v) is 10.6. The van der Waals surface area contributed by atoms with Crippen LogP contribution in [0.2, 0.25) is 0 Å². The Morgan fingerprint density at radius 1 is 1.69 bits per heavy atom. The first-order valence-electron chi connectivity index (χ1n) is 5.15. The summed E-state index contributed by atoms with van der Waals surface area (Å²) in [5, 5.41) is 8.49. The molecule has 1 aromatic heterocycles. The molecule has 1 rings (SSSR count). The molecular weight excluding hydrogens is 226 g/mol. The van der Waals surface area contributed by atoms with Crippen molar-refractivity contribution in [3.63, 3.8) is 0 Å². The van der Waals surface area contributed by atoms with E-state index in [0.717, 1.165) is 12.2 Å². The summed E-state index contributed by atoms with van der Waals surface area (Å²) in [4.78, 5) is 15.6. The van der Waals surface area contributed by atoms with Crippen molar-refractivity contribution in [1.29, 1.82) is 0 Å². The Balaban J connectivity index is 2.54. The molecule has 0 saturated carbocycles. The van der Waals surface area contributed by atoms with Gasteiger partial charge in [-0.05, 0) is 13.5 Å². The molecule has 1 heterocycles. The van der Waals surface area contributed by atoms with E-state index in [1.807, 2.05) is 19.2 Å². The Bertz CT molecular complexity index is 341. The van der Waals surface area contributed by atoms with Crippen LogP contribution in [0.3, 0.4) is 0 Å². The van der Waals surface area contributed by atoms with E-state index in [1.165, 1.54) is 18.4 Å². The van der Waals surface area contributed by atoms with Gasteiger partial charge in [0.2, 0.25) is 0 Å². The second-order valence-electron chi connectivity index (χ2n) is 3.34. The van der Waals surface area contributed by atoms with E-state index in [4.69, 9.17) is 4.74 Å². The van der Waals surface area contributed by atoms with Crippen molar-refractivity contribution in [2.75, 3.05) is 25.6 Å². The van der Waals surface area contributed by atoms with Crippen LogP contribution in [0.25, 0.3) is 0 Å². The average Bonchev–Trinajstić information content (AvgIpc) is 2.67. The van der Waals surface area contributed by atoms with Crippen LogP contribution in [-0.4, -0.2) is 31.2 Å². The van der Waals surface area contributed by atoms with Crippen molar-refractivity contribution in [3.8, 4) is 0 Å². The predicted octanol–water partition coefficient (Wildman–Crippen LogP) is 1.40. The molecule has 16 heavy (non-hydrogen) atoms. The quantitative estimate of drug-likeness (QED) is 0.792. The number of nitrogens with one attached hydrogen (secondary N) is 2. The fourth-order valence-electron chi connectivity index (χ4n) is 1.24. The molecule has 0 bridgehead atoms. The largest absolute Gasteiger partial charge is 0.375 e. The molecular formula is C10H17N3O2S. The summed E-state index contributed by atoms with van der Waals surface area (Å²) in [6, 6.07) is 0.203. The molecule has 0 aromatic carbocycles. The topological polar surface area (TPSA) is 63.2 Å². The van der Waals surface area contributed by atoms with Gasteiger partial charge in [-0.25, -0.2) is 4.98 Å². The van der Waals surface area contributed by atoms with Crippen LogP contribution in [0.1, 0.15) is 25.6 Å². The van der Waals surface area contributed by atoms with E-state index in [2.05, 4.69) is 15.6 Å². The Morgan fingerprint density at radius 3 is 3.06 bits per heavy atom. The molecule has 2 N–H and O–H groups in total. The van der Waals surface area contributed by atoms with Gasteiger partial charge >= 0.3 is 0 Å². The van der Waals surface area contributed by atoms with Crippen LogP contribution in [0.15, 0.2) is 5.38 Å². The summed E-state index contributed by atoms with van der Waals surface area (Å²) in [7, 11) is 1.49. The normalized spacial score (nSPS) is 12.4. The number of thiazole rings is 1. The van der Waals surface area contributed by atoms with Gasteiger partial charge in [0.1, 0.15) is 6.61 Å². The maximum absolute atomic E-state index is 11.2. The van der Waals surface area contributed by atoms with Crippen molar-refractivity contribution in [2.45, 2.75) is 19.9 Å². The Kier molecular flexibility index (Phi) is 5.37. The van der Waals surface area contributed by atoms with E-state index < -0.39 is 0 Å². The lowest BCUT2D eigenvalue weighted by Gasteiger charge is -2.08. The van der Waals surface area contributed by atoms with Crippen molar-refractivity contribution in [2.24, 2.45) is 0 Å². The fourth-order valence-corrected chi connectivity index (χ4v) is 2.06. The summed E-state index contributed by atoms with van der Waals surface area (Å²) in [5.41, 5.74) is 0.944. The van der Waals surface area contributed by atoms with Crippen molar-refractivity contribution in [3.05, 3.63) is 11.1 Å². The number of anilines is 1. The molecule has 0 aliphatic heterocycles. The van der Waals surface area contributed by atoms with E-state index >= 15 is 0 Å². The number of nitrogens with zero attached hydrogens (tertiary/aromatic N) is 1. The smallest absolute Gasteiger partial charge is 0.252 e. The van der Waals surface area contributed by atoms with Crippen LogP contribution >= 0.6 is 11.3 Å². The van der Waals surface area contributed by atoms with E-state index in [0.29, 0.717) is 5.13 Å². The van der Waals surface area contributed by atoms with E-state index in [-0.39, 0.29) is 18.6 Å². The van der Waals surface area contributed by atoms with Crippen LogP contribution < -0.4 is 10.6 Å². The molecule has 0 fully saturated rings. The number of hydrogen-bond acceptors (Lipinski definition) is 5. The standard InChI is InChI=1S/C10H17N3O2S/c1-4-11-7(2)8-6-16-10(12-8)13-9(14)5-15-3/h6-7,11H,4-5H2,1-3H3,(H,12,13,14). The minimum Gasteiger partial charge on any atom is -0.375 e. The zero-order valence-electron chi connectivity index (χ0n) is 9.74. The van der Waals surface area contributed by atoms with Gasteiger partial charge in [0.15, 0.2) is 5.13 Å². The lowest BCUT2D eigenvalue weighted by molar-refractivity contribution is -0.119. The van der Waals surface area contributed by atoms with E-state index in [1.54, 1.807) is 0 Å². The molecule has 0 radical (unpaired) electrons. The van der Waals surface area contributed by atoms with Gasteiger partial charge in [0.25, 0.3) is 5.91 Å². The van der Waals surface area contributed by atoms with Crippen LogP contribution in [0.5, 0.6) is 0 Å². The molecule has 1 atom stereocenters. The van der Waals surface area contributed by atoms with Gasteiger partial charge in [-0.1, -0.05) is 6.92 Å². The number of ether oxygens (including phenoxy) is 1. The summed E-state index contributed by atoms with van der Waals surface area (Å²) in [6.07, 6.45) is 0. The van der Waals surface area contributed by atoms with Gasteiger partial charge in [0, 0.05) is 18.5 Å². The zero-order chi connectivity index (χ0) is 12.0. The third-order valence-electron chi connectivity index (χ3n) is 2.00. The molecule has 0 aliphatic carbocycles. The Morgan fingerprint density at radius 2 is 2.44 bits per heavy atom. The maximum Gasteiger partial charge on any atom is 0.252 e. The van der Waals surface area contributed by atoms with Gasteiger partial charge in [0.05, 0.1) is 5.69 Å². The first kappa shape index (κ1) is 13.1. The minimum atomic E-state index is -0.181. The summed E-state index contributed by atoms with van der Waals surface area (Å²) >= 11 is 1.42. The van der Waals surface area contributed by atoms with Gasteiger partial charge in [-0.2, -0.15) is 0 Å². The number of carbonyl (C=O) groups is 1. The lowest BCUT2D eigenvalue weighted by atomic mass is 10.3.